The molecule has 128 valence electrons. The smallest absolute Gasteiger partial charge is 0.263 e. The van der Waals surface area contributed by atoms with Gasteiger partial charge in [0.15, 0.2) is 0 Å². The van der Waals surface area contributed by atoms with Crippen LogP contribution in [0.3, 0.4) is 0 Å². The van der Waals surface area contributed by atoms with Gasteiger partial charge in [-0.3, -0.25) is 9.69 Å². The Hall–Kier alpha value is -0.910. The van der Waals surface area contributed by atoms with Crippen LogP contribution < -0.4 is 0 Å². The van der Waals surface area contributed by atoms with Crippen LogP contribution in [0.5, 0.6) is 0 Å². The Bertz CT molecular complexity index is 556. The number of carbonyl (C=O) groups is 1. The highest BCUT2D eigenvalue weighted by Crippen LogP contribution is 2.41. The summed E-state index contributed by atoms with van der Waals surface area (Å²) in [6, 6.07) is 2.58. The predicted octanol–water partition coefficient (Wildman–Crippen LogP) is 3.08. The molecule has 3 heterocycles. The second kappa shape index (κ2) is 6.54. The standard InChI is InChI=1S/C18H28N2O2S/c1-13-11-16(23-14(13)2)17(21)20-9-7-18(8-10-20)6-5-15(12-22-4)19(18)3/h11,15H,5-10,12H2,1-4H3/t15-/m0/s1. The highest BCUT2D eigenvalue weighted by atomic mass is 32.1. The number of aryl methyl sites for hydroxylation is 2. The summed E-state index contributed by atoms with van der Waals surface area (Å²) in [6.45, 7) is 6.73. The molecule has 23 heavy (non-hydrogen) atoms. The van der Waals surface area contributed by atoms with Crippen molar-refractivity contribution in [1.29, 1.82) is 0 Å². The molecule has 1 atom stereocenters. The molecular formula is C18H28N2O2S. The number of hydrogen-bond donors (Lipinski definition) is 0. The second-order valence-electron chi connectivity index (χ2n) is 7.13. The molecule has 0 saturated carbocycles. The van der Waals surface area contributed by atoms with Crippen LogP contribution in [0.2, 0.25) is 0 Å². The molecule has 0 radical (unpaired) electrons. The van der Waals surface area contributed by atoms with Crippen LogP contribution in [0.15, 0.2) is 6.07 Å². The van der Waals surface area contributed by atoms with Crippen molar-refractivity contribution in [3.63, 3.8) is 0 Å². The zero-order valence-corrected chi connectivity index (χ0v) is 15.5. The van der Waals surface area contributed by atoms with E-state index < -0.39 is 0 Å². The number of carbonyl (C=O) groups excluding carboxylic acids is 1. The first-order chi connectivity index (χ1) is 11.0. The molecule has 0 aliphatic carbocycles. The molecule has 2 saturated heterocycles. The van der Waals surface area contributed by atoms with E-state index in [0.717, 1.165) is 37.4 Å². The minimum absolute atomic E-state index is 0.218. The second-order valence-corrected chi connectivity index (χ2v) is 8.38. The lowest BCUT2D eigenvalue weighted by atomic mass is 9.85. The summed E-state index contributed by atoms with van der Waals surface area (Å²) in [4.78, 5) is 19.4. The molecule has 0 N–H and O–H groups in total. The van der Waals surface area contributed by atoms with Crippen LogP contribution in [-0.4, -0.2) is 61.1 Å². The number of likely N-dealkylation sites (tertiary alicyclic amines) is 2. The van der Waals surface area contributed by atoms with E-state index in [2.05, 4.69) is 25.8 Å². The van der Waals surface area contributed by atoms with Crippen LogP contribution in [0.25, 0.3) is 0 Å². The zero-order chi connectivity index (χ0) is 16.6. The Labute approximate surface area is 143 Å². The van der Waals surface area contributed by atoms with Gasteiger partial charge in [0.25, 0.3) is 5.91 Å². The highest BCUT2D eigenvalue weighted by Gasteiger charge is 2.46. The van der Waals surface area contributed by atoms with Crippen molar-refractivity contribution in [2.24, 2.45) is 0 Å². The lowest BCUT2D eigenvalue weighted by Gasteiger charge is -2.45. The van der Waals surface area contributed by atoms with E-state index in [-0.39, 0.29) is 11.4 Å². The van der Waals surface area contributed by atoms with Crippen LogP contribution in [0.4, 0.5) is 0 Å². The van der Waals surface area contributed by atoms with E-state index in [1.165, 1.54) is 23.3 Å². The molecule has 5 heteroatoms. The average molecular weight is 337 g/mol. The minimum atomic E-state index is 0.218. The Morgan fingerprint density at radius 1 is 1.35 bits per heavy atom. The van der Waals surface area contributed by atoms with Gasteiger partial charge >= 0.3 is 0 Å². The number of nitrogens with zero attached hydrogens (tertiary/aromatic N) is 2. The van der Waals surface area contributed by atoms with Gasteiger partial charge in [0.1, 0.15) is 0 Å². The number of rotatable bonds is 3. The van der Waals surface area contributed by atoms with Crippen molar-refractivity contribution in [3.8, 4) is 0 Å². The van der Waals surface area contributed by atoms with E-state index in [4.69, 9.17) is 4.74 Å². The number of amides is 1. The maximum absolute atomic E-state index is 12.7. The van der Waals surface area contributed by atoms with E-state index in [9.17, 15) is 4.79 Å². The monoisotopic (exact) mass is 336 g/mol. The molecule has 2 fully saturated rings. The molecule has 1 aromatic rings. The van der Waals surface area contributed by atoms with Crippen LogP contribution >= 0.6 is 11.3 Å². The Morgan fingerprint density at radius 2 is 2.04 bits per heavy atom. The number of hydrogen-bond acceptors (Lipinski definition) is 4. The van der Waals surface area contributed by atoms with Crippen molar-refractivity contribution in [1.82, 2.24) is 9.80 Å². The summed E-state index contributed by atoms with van der Waals surface area (Å²) in [6.07, 6.45) is 4.61. The largest absolute Gasteiger partial charge is 0.383 e. The van der Waals surface area contributed by atoms with E-state index >= 15 is 0 Å². The Kier molecular flexibility index (Phi) is 4.81. The normalized spacial score (nSPS) is 24.5. The first-order valence-electron chi connectivity index (χ1n) is 8.55. The zero-order valence-electron chi connectivity index (χ0n) is 14.7. The van der Waals surface area contributed by atoms with Gasteiger partial charge in [-0.1, -0.05) is 0 Å². The van der Waals surface area contributed by atoms with Crippen molar-refractivity contribution >= 4 is 17.2 Å². The summed E-state index contributed by atoms with van der Waals surface area (Å²) >= 11 is 1.63. The van der Waals surface area contributed by atoms with Gasteiger partial charge in [0.2, 0.25) is 0 Å². The van der Waals surface area contributed by atoms with Crippen molar-refractivity contribution < 1.29 is 9.53 Å². The van der Waals surface area contributed by atoms with Crippen molar-refractivity contribution in [2.75, 3.05) is 33.9 Å². The quantitative estimate of drug-likeness (QED) is 0.850. The van der Waals surface area contributed by atoms with Gasteiger partial charge in [-0.15, -0.1) is 11.3 Å². The highest BCUT2D eigenvalue weighted by molar-refractivity contribution is 7.14. The first-order valence-corrected chi connectivity index (χ1v) is 9.37. The Morgan fingerprint density at radius 3 is 2.61 bits per heavy atom. The van der Waals surface area contributed by atoms with Crippen molar-refractivity contribution in [2.45, 2.75) is 51.1 Å². The molecule has 2 aliphatic heterocycles. The molecule has 1 amide bonds. The summed E-state index contributed by atoms with van der Waals surface area (Å²) in [5, 5.41) is 0. The topological polar surface area (TPSA) is 32.8 Å². The van der Waals surface area contributed by atoms with Gasteiger partial charge < -0.3 is 9.64 Å². The van der Waals surface area contributed by atoms with E-state index in [1.54, 1.807) is 18.4 Å². The lowest BCUT2D eigenvalue weighted by molar-refractivity contribution is 0.0275. The third-order valence-electron chi connectivity index (χ3n) is 5.96. The third kappa shape index (κ3) is 3.06. The first kappa shape index (κ1) is 16.9. The van der Waals surface area contributed by atoms with Crippen molar-refractivity contribution in [3.05, 3.63) is 21.4 Å². The third-order valence-corrected chi connectivity index (χ3v) is 7.10. The summed E-state index contributed by atoms with van der Waals surface area (Å²) in [5.41, 5.74) is 1.51. The fraction of sp³-hybridized carbons (Fsp3) is 0.722. The number of piperidine rings is 1. The number of likely N-dealkylation sites (N-methyl/N-ethyl adjacent to an activating group) is 1. The maximum Gasteiger partial charge on any atom is 0.263 e. The molecule has 1 spiro atoms. The molecule has 1 aromatic heterocycles. The molecule has 0 bridgehead atoms. The van der Waals surface area contributed by atoms with Gasteiger partial charge in [-0.2, -0.15) is 0 Å². The van der Waals surface area contributed by atoms with Crippen LogP contribution in [-0.2, 0) is 4.74 Å². The summed E-state index contributed by atoms with van der Waals surface area (Å²) in [7, 11) is 4.02. The average Bonchev–Trinajstić information content (AvgIpc) is 3.03. The fourth-order valence-corrected chi connectivity index (χ4v) is 5.15. The number of ether oxygens (including phenoxy) is 1. The summed E-state index contributed by atoms with van der Waals surface area (Å²) in [5.74, 6) is 0.218. The molecular weight excluding hydrogens is 308 g/mol. The molecule has 0 aromatic carbocycles. The molecule has 4 nitrogen and oxygen atoms in total. The van der Waals surface area contributed by atoms with Gasteiger partial charge in [0, 0.05) is 36.7 Å². The van der Waals surface area contributed by atoms with E-state index in [0.29, 0.717) is 6.04 Å². The number of methoxy groups -OCH3 is 1. The predicted molar refractivity (Wildman–Crippen MR) is 94.3 cm³/mol. The summed E-state index contributed by atoms with van der Waals surface area (Å²) < 4.78 is 5.36. The van der Waals surface area contributed by atoms with Crippen LogP contribution in [0.1, 0.15) is 45.8 Å². The SMILES string of the molecule is COC[C@@H]1CCC2(CCN(C(=O)c3cc(C)c(C)s3)CC2)N1C. The lowest BCUT2D eigenvalue weighted by Crippen LogP contribution is -2.53. The maximum atomic E-state index is 12.7. The molecule has 0 unspecified atom stereocenters. The molecule has 2 aliphatic rings. The molecule has 3 rings (SSSR count). The van der Waals surface area contributed by atoms with E-state index in [1.807, 2.05) is 11.0 Å². The van der Waals surface area contributed by atoms with Crippen LogP contribution in [0, 0.1) is 13.8 Å². The van der Waals surface area contributed by atoms with Gasteiger partial charge in [0.05, 0.1) is 11.5 Å². The number of thiophene rings is 1. The Balaban J connectivity index is 1.63. The fourth-order valence-electron chi connectivity index (χ4n) is 4.14. The minimum Gasteiger partial charge on any atom is -0.383 e. The van der Waals surface area contributed by atoms with Gasteiger partial charge in [-0.25, -0.2) is 0 Å². The van der Waals surface area contributed by atoms with Gasteiger partial charge in [-0.05, 0) is 58.2 Å².